The van der Waals surface area contributed by atoms with Gasteiger partial charge in [-0.15, -0.1) is 0 Å². The molecule has 0 aliphatic carbocycles. The number of allylic oxidation sites excluding steroid dienone is 1. The Morgan fingerprint density at radius 3 is 2.60 bits per heavy atom. The van der Waals surface area contributed by atoms with E-state index in [2.05, 4.69) is 13.0 Å². The van der Waals surface area contributed by atoms with Crippen molar-refractivity contribution in [2.45, 2.75) is 45.6 Å². The number of nitrogens with one attached hydrogen (secondary N) is 1. The molecule has 0 fully saturated rings. The van der Waals surface area contributed by atoms with Crippen LogP contribution < -0.4 is 5.73 Å². The van der Waals surface area contributed by atoms with E-state index in [0.717, 1.165) is 6.42 Å². The molecule has 1 unspecified atom stereocenters. The maximum Gasteiger partial charge on any atom is 0.0364 e. The van der Waals surface area contributed by atoms with Crippen LogP contribution in [0, 0.1) is 0 Å². The van der Waals surface area contributed by atoms with E-state index in [9.17, 15) is 0 Å². The molecule has 1 atom stereocenters. The first-order valence-corrected chi connectivity index (χ1v) is 4.15. The molecule has 0 aromatic carbocycles. The molecular formula is C9H18N. The van der Waals surface area contributed by atoms with Gasteiger partial charge in [0.15, 0.2) is 0 Å². The van der Waals surface area contributed by atoms with Crippen LogP contribution >= 0.6 is 0 Å². The van der Waals surface area contributed by atoms with Crippen molar-refractivity contribution in [3.63, 3.8) is 0 Å². The van der Waals surface area contributed by atoms with Crippen LogP contribution in [-0.4, -0.2) is 6.04 Å². The fourth-order valence-corrected chi connectivity index (χ4v) is 0.813. The summed E-state index contributed by atoms with van der Waals surface area (Å²) in [6.07, 6.45) is 9.10. The maximum atomic E-state index is 7.17. The van der Waals surface area contributed by atoms with Crippen LogP contribution in [0.1, 0.15) is 39.5 Å². The summed E-state index contributed by atoms with van der Waals surface area (Å²) in [6, 6.07) is -0.0263. The van der Waals surface area contributed by atoms with Crippen LogP contribution in [0.25, 0.3) is 0 Å². The normalized spacial score (nSPS) is 14.3. The zero-order valence-electron chi connectivity index (χ0n) is 7.06. The summed E-state index contributed by atoms with van der Waals surface area (Å²) >= 11 is 0. The van der Waals surface area contributed by atoms with E-state index in [1.54, 1.807) is 0 Å². The van der Waals surface area contributed by atoms with Gasteiger partial charge in [-0.1, -0.05) is 31.9 Å². The van der Waals surface area contributed by atoms with Crippen LogP contribution in [0.3, 0.4) is 0 Å². The van der Waals surface area contributed by atoms with E-state index in [-0.39, 0.29) is 6.04 Å². The number of rotatable bonds is 5. The van der Waals surface area contributed by atoms with Crippen LogP contribution in [0.5, 0.6) is 0 Å². The van der Waals surface area contributed by atoms with Gasteiger partial charge < -0.3 is 0 Å². The van der Waals surface area contributed by atoms with Crippen molar-refractivity contribution in [3.8, 4) is 0 Å². The Labute approximate surface area is 64.3 Å². The Bertz CT molecular complexity index is 84.7. The zero-order valence-corrected chi connectivity index (χ0v) is 7.06. The SMILES string of the molecule is CCCCC/C=C/C(C)[NH]. The lowest BCUT2D eigenvalue weighted by atomic mass is 10.2. The molecule has 0 aromatic rings. The zero-order chi connectivity index (χ0) is 7.82. The van der Waals surface area contributed by atoms with Crippen molar-refractivity contribution in [3.05, 3.63) is 12.2 Å². The molecule has 0 heterocycles. The monoisotopic (exact) mass is 140 g/mol. The summed E-state index contributed by atoms with van der Waals surface area (Å²) in [5, 5.41) is 0. The first-order valence-electron chi connectivity index (χ1n) is 4.15. The third-order valence-corrected chi connectivity index (χ3v) is 1.40. The molecule has 1 heteroatoms. The minimum Gasteiger partial charge on any atom is -0.251 e. The largest absolute Gasteiger partial charge is 0.251 e. The van der Waals surface area contributed by atoms with Gasteiger partial charge in [-0.2, -0.15) is 0 Å². The smallest absolute Gasteiger partial charge is 0.0364 e. The summed E-state index contributed by atoms with van der Waals surface area (Å²) < 4.78 is 0. The van der Waals surface area contributed by atoms with Crippen LogP contribution in [0.4, 0.5) is 0 Å². The van der Waals surface area contributed by atoms with Crippen LogP contribution in [0.15, 0.2) is 12.2 Å². The van der Waals surface area contributed by atoms with Gasteiger partial charge in [-0.3, -0.25) is 5.73 Å². The van der Waals surface area contributed by atoms with Crippen molar-refractivity contribution in [1.82, 2.24) is 5.73 Å². The summed E-state index contributed by atoms with van der Waals surface area (Å²) in [4.78, 5) is 0. The first-order chi connectivity index (χ1) is 4.77. The topological polar surface area (TPSA) is 23.8 Å². The second kappa shape index (κ2) is 6.81. The van der Waals surface area contributed by atoms with Gasteiger partial charge in [0.1, 0.15) is 0 Å². The van der Waals surface area contributed by atoms with Crippen molar-refractivity contribution >= 4 is 0 Å². The molecule has 0 aliphatic heterocycles. The fraction of sp³-hybridized carbons (Fsp3) is 0.778. The Kier molecular flexibility index (Phi) is 6.61. The third-order valence-electron chi connectivity index (χ3n) is 1.40. The molecule has 1 N–H and O–H groups in total. The second-order valence-electron chi connectivity index (χ2n) is 2.71. The van der Waals surface area contributed by atoms with Crippen molar-refractivity contribution in [1.29, 1.82) is 0 Å². The Hall–Kier alpha value is -0.300. The third kappa shape index (κ3) is 7.70. The summed E-state index contributed by atoms with van der Waals surface area (Å²) in [7, 11) is 0. The molecule has 10 heavy (non-hydrogen) atoms. The van der Waals surface area contributed by atoms with Crippen molar-refractivity contribution in [2.24, 2.45) is 0 Å². The lowest BCUT2D eigenvalue weighted by molar-refractivity contribution is 0.726. The Balaban J connectivity index is 3.02. The molecule has 0 aromatic heterocycles. The quantitative estimate of drug-likeness (QED) is 0.414. The predicted molar refractivity (Wildman–Crippen MR) is 45.8 cm³/mol. The Morgan fingerprint density at radius 2 is 2.10 bits per heavy atom. The average Bonchev–Trinajstić information content (AvgIpc) is 1.87. The van der Waals surface area contributed by atoms with E-state index in [1.807, 2.05) is 13.0 Å². The molecule has 0 saturated heterocycles. The highest BCUT2D eigenvalue weighted by Crippen LogP contribution is 1.99. The van der Waals surface area contributed by atoms with Crippen molar-refractivity contribution < 1.29 is 0 Å². The highest BCUT2D eigenvalue weighted by Gasteiger charge is 1.84. The van der Waals surface area contributed by atoms with Crippen LogP contribution in [-0.2, 0) is 0 Å². The molecule has 1 radical (unpaired) electrons. The molecule has 59 valence electrons. The first kappa shape index (κ1) is 9.70. The molecular weight excluding hydrogens is 122 g/mol. The molecule has 0 spiro atoms. The van der Waals surface area contributed by atoms with Gasteiger partial charge in [0, 0.05) is 6.04 Å². The molecule has 0 amide bonds. The molecule has 1 nitrogen and oxygen atoms in total. The molecule has 0 rings (SSSR count). The lowest BCUT2D eigenvalue weighted by Crippen LogP contribution is -1.94. The van der Waals surface area contributed by atoms with Gasteiger partial charge in [0.2, 0.25) is 0 Å². The van der Waals surface area contributed by atoms with Gasteiger partial charge >= 0.3 is 0 Å². The summed E-state index contributed by atoms with van der Waals surface area (Å²) in [5.41, 5.74) is 7.17. The number of hydrogen-bond acceptors (Lipinski definition) is 0. The van der Waals surface area contributed by atoms with E-state index < -0.39 is 0 Å². The highest BCUT2D eigenvalue weighted by atomic mass is 14.6. The molecule has 0 bridgehead atoms. The van der Waals surface area contributed by atoms with E-state index in [4.69, 9.17) is 5.73 Å². The molecule has 0 saturated carbocycles. The molecule has 0 aliphatic rings. The minimum atomic E-state index is -0.0263. The summed E-state index contributed by atoms with van der Waals surface area (Å²) in [6.45, 7) is 4.09. The van der Waals surface area contributed by atoms with E-state index in [1.165, 1.54) is 19.3 Å². The standard InChI is InChI=1S/C9H18N/c1-3-4-5-6-7-8-9(2)10/h7-10H,3-6H2,1-2H3/b8-7+. The van der Waals surface area contributed by atoms with Crippen molar-refractivity contribution in [2.75, 3.05) is 0 Å². The number of hydrogen-bond donors (Lipinski definition) is 0. The van der Waals surface area contributed by atoms with Gasteiger partial charge in [0.05, 0.1) is 0 Å². The van der Waals surface area contributed by atoms with Gasteiger partial charge in [0.25, 0.3) is 0 Å². The van der Waals surface area contributed by atoms with E-state index in [0.29, 0.717) is 0 Å². The summed E-state index contributed by atoms with van der Waals surface area (Å²) in [5.74, 6) is 0. The van der Waals surface area contributed by atoms with Crippen LogP contribution in [0.2, 0.25) is 0 Å². The average molecular weight is 140 g/mol. The highest BCUT2D eigenvalue weighted by molar-refractivity contribution is 4.87. The van der Waals surface area contributed by atoms with Gasteiger partial charge in [-0.25, -0.2) is 0 Å². The number of unbranched alkanes of at least 4 members (excludes halogenated alkanes) is 3. The lowest BCUT2D eigenvalue weighted by Gasteiger charge is -1.93. The Morgan fingerprint density at radius 1 is 1.40 bits per heavy atom. The fourth-order valence-electron chi connectivity index (χ4n) is 0.813. The maximum absolute atomic E-state index is 7.17. The van der Waals surface area contributed by atoms with Gasteiger partial charge in [-0.05, 0) is 19.8 Å². The predicted octanol–water partition coefficient (Wildman–Crippen LogP) is 2.79. The van der Waals surface area contributed by atoms with E-state index >= 15 is 0 Å². The second-order valence-corrected chi connectivity index (χ2v) is 2.71. The minimum absolute atomic E-state index is 0.0263.